The van der Waals surface area contributed by atoms with Crippen molar-refractivity contribution in [2.45, 2.75) is 103 Å². The highest BCUT2D eigenvalue weighted by atomic mass is 79.9. The Kier molecular flexibility index (Phi) is 21.9. The molecule has 0 saturated heterocycles. The first-order valence-electron chi connectivity index (χ1n) is 28.4. The van der Waals surface area contributed by atoms with Crippen molar-refractivity contribution in [1.29, 1.82) is 0 Å². The van der Waals surface area contributed by atoms with Crippen LogP contribution in [0.1, 0.15) is 93.6 Å². The van der Waals surface area contributed by atoms with Crippen molar-refractivity contribution < 1.29 is 43.4 Å². The molecule has 0 unspecified atom stereocenters. The average Bonchev–Trinajstić information content (AvgIpc) is 4.23. The SMILES string of the molecule is CC(C)(C)OC(=O)NCC1CCC(C(=O)N(c2ccc(-c3nn[nH]n3)cc2)[C@@H](Cc2cccc(Br)c2)C(N)=O)CC1.NC(=O)c1ccc(Cl)c(-c2cccc(C[C@H](NC(=O)C3CCC(CNC(=O)O)CC3)C(=O)Nc3ccc(-c4nn[nH]n4)cc3)c2)c1. The molecule has 2 heterocycles. The standard InChI is InChI=1S/C32H33ClN8O5.C29H36BrN7O4/c33-26-13-10-23(28(34)42)16-25(26)22-3-1-2-19(14-22)15-27(37-30(43)21-6-4-18(5-7-21)17-35-32(45)46)31(44)36-24-11-8-20(9-12-24)29-38-40-41-39-29;1-29(2,3)41-28(40)32-17-18-7-9-21(10-8-18)27(39)37(23-13-11-20(12-14-23)26-33-35-36-34-26)24(25(31)38)16-19-5-4-6-22(30)15-19/h1-3,8-14,16,18,21,27,35H,4-7,15,17H2,(H2,34,42)(H,36,44)(H,37,43)(H,45,46)(H,38,39,40,41);4-6,11-15,18,21,24H,7-10,16-17H2,1-3H3,(H2,31,38)(H,32,40)(H,33,34,35,36)/t18?,21?,27-;18?,21?,24-/m00/s1. The quantitative estimate of drug-likeness (QED) is 0.0346. The molecule has 24 nitrogen and oxygen atoms in total. The van der Waals surface area contributed by atoms with Gasteiger partial charge in [-0.25, -0.2) is 9.59 Å². The Labute approximate surface area is 515 Å². The van der Waals surface area contributed by atoms with E-state index in [9.17, 15) is 33.6 Å². The predicted octanol–water partition coefficient (Wildman–Crippen LogP) is 8.42. The zero-order chi connectivity index (χ0) is 62.2. The lowest BCUT2D eigenvalue weighted by atomic mass is 9.81. The lowest BCUT2D eigenvalue weighted by Crippen LogP contribution is -2.52. The molecule has 0 bridgehead atoms. The number of aromatic nitrogens is 8. The highest BCUT2D eigenvalue weighted by Gasteiger charge is 2.37. The van der Waals surface area contributed by atoms with Crippen LogP contribution in [0, 0.1) is 23.7 Å². The fourth-order valence-electron chi connectivity index (χ4n) is 10.7. The smallest absolute Gasteiger partial charge is 0.407 e. The van der Waals surface area contributed by atoms with Gasteiger partial charge in [0.25, 0.3) is 0 Å². The molecule has 0 radical (unpaired) electrons. The van der Waals surface area contributed by atoms with Gasteiger partial charge in [0.15, 0.2) is 0 Å². The molecule has 87 heavy (non-hydrogen) atoms. The number of aromatic amines is 2. The predicted molar refractivity (Wildman–Crippen MR) is 328 cm³/mol. The molecule has 5 aromatic carbocycles. The number of nitrogens with one attached hydrogen (secondary N) is 6. The number of tetrazole rings is 2. The van der Waals surface area contributed by atoms with Crippen molar-refractivity contribution in [2.24, 2.45) is 35.1 Å². The van der Waals surface area contributed by atoms with Crippen molar-refractivity contribution in [1.82, 2.24) is 57.2 Å². The molecule has 2 atom stereocenters. The summed E-state index contributed by atoms with van der Waals surface area (Å²) in [5.41, 5.74) is 16.6. The Bertz CT molecular complexity index is 3500. The number of carbonyl (C=O) groups is 7. The van der Waals surface area contributed by atoms with Gasteiger partial charge in [0.05, 0.1) is 0 Å². The first kappa shape index (κ1) is 63.9. The number of alkyl carbamates (subject to hydrolysis) is 1. The Hall–Kier alpha value is -9.10. The minimum absolute atomic E-state index is 0.144. The molecule has 2 aromatic heterocycles. The van der Waals surface area contributed by atoms with Crippen LogP contribution in [0.3, 0.4) is 0 Å². The van der Waals surface area contributed by atoms with Crippen LogP contribution in [0.4, 0.5) is 21.0 Å². The summed E-state index contributed by atoms with van der Waals surface area (Å²) in [5, 5.41) is 48.4. The maximum absolute atomic E-state index is 14.1. The van der Waals surface area contributed by atoms with Crippen molar-refractivity contribution >= 4 is 80.6 Å². The molecular weight excluding hydrogens is 1200 g/mol. The minimum atomic E-state index is -1.06. The van der Waals surface area contributed by atoms with Crippen LogP contribution in [-0.4, -0.2) is 119 Å². The number of benzene rings is 5. The summed E-state index contributed by atoms with van der Waals surface area (Å²) in [5.74, 6) is -1.28. The number of ether oxygens (including phenoxy) is 1. The van der Waals surface area contributed by atoms with Gasteiger partial charge in [-0.15, -0.1) is 20.4 Å². The molecular formula is C61H69BrClN15O9. The van der Waals surface area contributed by atoms with Crippen LogP contribution in [0.2, 0.25) is 5.02 Å². The molecule has 456 valence electrons. The fraction of sp³-hybridized carbons (Fsp3) is 0.361. The maximum atomic E-state index is 14.1. The minimum Gasteiger partial charge on any atom is -0.465 e. The number of halogens is 2. The molecule has 2 aliphatic rings. The summed E-state index contributed by atoms with van der Waals surface area (Å²) in [6, 6.07) is 32.0. The Morgan fingerprint density at radius 1 is 0.701 bits per heavy atom. The van der Waals surface area contributed by atoms with E-state index in [1.54, 1.807) is 71.6 Å². The number of amides is 7. The second kappa shape index (κ2) is 29.8. The van der Waals surface area contributed by atoms with Gasteiger partial charge in [0.2, 0.25) is 41.2 Å². The second-order valence-corrected chi connectivity index (χ2v) is 23.9. The van der Waals surface area contributed by atoms with Gasteiger partial charge in [0, 0.05) is 80.9 Å². The van der Waals surface area contributed by atoms with Crippen LogP contribution in [0.5, 0.6) is 0 Å². The summed E-state index contributed by atoms with van der Waals surface area (Å²) in [6.07, 6.45) is 4.34. The number of hydrogen-bond acceptors (Lipinski definition) is 14. The summed E-state index contributed by atoms with van der Waals surface area (Å²) in [6.45, 7) is 6.31. The maximum Gasteiger partial charge on any atom is 0.407 e. The van der Waals surface area contributed by atoms with Gasteiger partial charge >= 0.3 is 12.2 Å². The normalized spacial score (nSPS) is 17.2. The summed E-state index contributed by atoms with van der Waals surface area (Å²) in [4.78, 5) is 90.4. The largest absolute Gasteiger partial charge is 0.465 e. The van der Waals surface area contributed by atoms with Crippen molar-refractivity contribution in [3.63, 3.8) is 0 Å². The number of hydrogen-bond donors (Lipinski definition) is 9. The highest BCUT2D eigenvalue weighted by Crippen LogP contribution is 2.35. The third-order valence-electron chi connectivity index (χ3n) is 15.2. The van der Waals surface area contributed by atoms with E-state index in [4.69, 9.17) is 32.9 Å². The third-order valence-corrected chi connectivity index (χ3v) is 16.0. The van der Waals surface area contributed by atoms with E-state index in [1.165, 1.54) is 0 Å². The molecule has 2 aliphatic carbocycles. The fourth-order valence-corrected chi connectivity index (χ4v) is 11.3. The molecule has 0 aliphatic heterocycles. The lowest BCUT2D eigenvalue weighted by molar-refractivity contribution is -0.130. The third kappa shape index (κ3) is 18.5. The van der Waals surface area contributed by atoms with Gasteiger partial charge in [-0.3, -0.25) is 28.9 Å². The number of H-pyrrole nitrogens is 2. The molecule has 11 N–H and O–H groups in total. The molecule has 2 saturated carbocycles. The zero-order valence-corrected chi connectivity index (χ0v) is 50.5. The lowest BCUT2D eigenvalue weighted by Gasteiger charge is -2.36. The van der Waals surface area contributed by atoms with Crippen molar-refractivity contribution in [2.75, 3.05) is 23.3 Å². The molecule has 2 fully saturated rings. The van der Waals surface area contributed by atoms with Crippen LogP contribution >= 0.6 is 27.5 Å². The molecule has 7 aromatic rings. The van der Waals surface area contributed by atoms with E-state index in [1.807, 2.05) is 69.3 Å². The van der Waals surface area contributed by atoms with Crippen LogP contribution in [0.25, 0.3) is 33.9 Å². The number of primary amides is 2. The topological polar surface area (TPSA) is 361 Å². The first-order valence-corrected chi connectivity index (χ1v) is 29.6. The van der Waals surface area contributed by atoms with Gasteiger partial charge in [-0.05, 0) is 190 Å². The van der Waals surface area contributed by atoms with E-state index < -0.39 is 47.6 Å². The van der Waals surface area contributed by atoms with E-state index >= 15 is 0 Å². The second-order valence-electron chi connectivity index (χ2n) is 22.6. The Morgan fingerprint density at radius 3 is 1.83 bits per heavy atom. The first-order chi connectivity index (χ1) is 41.7. The molecule has 26 heteroatoms. The van der Waals surface area contributed by atoms with Crippen LogP contribution < -0.4 is 37.6 Å². The zero-order valence-electron chi connectivity index (χ0n) is 48.2. The van der Waals surface area contributed by atoms with Crippen LogP contribution in [-0.2, 0) is 36.8 Å². The van der Waals surface area contributed by atoms with Crippen molar-refractivity contribution in [3.8, 4) is 33.9 Å². The molecule has 9 rings (SSSR count). The van der Waals surface area contributed by atoms with Gasteiger partial charge < -0.3 is 42.6 Å². The highest BCUT2D eigenvalue weighted by molar-refractivity contribution is 9.10. The molecule has 7 amide bonds. The summed E-state index contributed by atoms with van der Waals surface area (Å²) < 4.78 is 6.21. The van der Waals surface area contributed by atoms with Gasteiger partial charge in [0.1, 0.15) is 17.7 Å². The Balaban J connectivity index is 0.000000227. The van der Waals surface area contributed by atoms with E-state index in [0.29, 0.717) is 96.4 Å². The van der Waals surface area contributed by atoms with E-state index in [0.717, 1.165) is 39.6 Å². The number of nitrogens with two attached hydrogens (primary N) is 2. The number of carboxylic acid groups (broad SMARTS) is 1. The number of rotatable bonds is 20. The molecule has 0 spiro atoms. The summed E-state index contributed by atoms with van der Waals surface area (Å²) >= 11 is 9.94. The van der Waals surface area contributed by atoms with Crippen LogP contribution in [0.15, 0.2) is 120 Å². The Morgan fingerprint density at radius 2 is 1.28 bits per heavy atom. The van der Waals surface area contributed by atoms with E-state index in [-0.39, 0.29) is 48.3 Å². The number of carbonyl (C=O) groups excluding carboxylic acids is 6. The van der Waals surface area contributed by atoms with Crippen molar-refractivity contribution in [3.05, 3.63) is 141 Å². The number of anilines is 2. The summed E-state index contributed by atoms with van der Waals surface area (Å²) in [7, 11) is 0. The van der Waals surface area contributed by atoms with Gasteiger partial charge in [-0.2, -0.15) is 10.4 Å². The average molecular weight is 1270 g/mol. The monoisotopic (exact) mass is 1270 g/mol. The van der Waals surface area contributed by atoms with Gasteiger partial charge in [-0.1, -0.05) is 63.9 Å². The van der Waals surface area contributed by atoms with E-state index in [2.05, 4.69) is 78.4 Å². The number of nitrogens with zero attached hydrogens (tertiary/aromatic N) is 7.